The fraction of sp³-hybridized carbons (Fsp3) is 0.735. The highest BCUT2D eigenvalue weighted by atomic mass is 16.6. The zero-order valence-corrected chi connectivity index (χ0v) is 25.5. The first-order chi connectivity index (χ1) is 20.1. The number of aryl methyl sites for hydroxylation is 1. The Morgan fingerprint density at radius 1 is 0.690 bits per heavy atom. The highest BCUT2D eigenvalue weighted by Gasteiger charge is 2.29. The van der Waals surface area contributed by atoms with Crippen LogP contribution in [0.3, 0.4) is 0 Å². The van der Waals surface area contributed by atoms with Crippen LogP contribution in [0.1, 0.15) is 109 Å². The van der Waals surface area contributed by atoms with Crippen molar-refractivity contribution in [2.75, 3.05) is 0 Å². The molecule has 1 aliphatic rings. The Morgan fingerprint density at radius 2 is 1.21 bits per heavy atom. The number of hydrogen-bond donors (Lipinski definition) is 6. The second kappa shape index (κ2) is 21.0. The van der Waals surface area contributed by atoms with Crippen molar-refractivity contribution >= 4 is 5.97 Å². The number of aliphatic hydroxyl groups excluding tert-OH is 6. The minimum Gasteiger partial charge on any atom is -0.456 e. The summed E-state index contributed by atoms with van der Waals surface area (Å²) in [4.78, 5) is 11.3. The molecule has 42 heavy (non-hydrogen) atoms. The van der Waals surface area contributed by atoms with Gasteiger partial charge in [0.25, 0.3) is 0 Å². The first kappa shape index (κ1) is 36.4. The molecule has 1 aromatic carbocycles. The molecule has 0 aliphatic carbocycles. The molecule has 8 atom stereocenters. The summed E-state index contributed by atoms with van der Waals surface area (Å²) in [6.07, 6.45) is 8.56. The van der Waals surface area contributed by atoms with Gasteiger partial charge in [0.2, 0.25) is 0 Å². The van der Waals surface area contributed by atoms with Gasteiger partial charge in [-0.1, -0.05) is 88.6 Å². The summed E-state index contributed by atoms with van der Waals surface area (Å²) < 4.78 is 4.99. The van der Waals surface area contributed by atoms with Crippen molar-refractivity contribution in [1.82, 2.24) is 0 Å². The number of benzene rings is 1. The van der Waals surface area contributed by atoms with Crippen molar-refractivity contribution < 1.29 is 40.2 Å². The molecular weight excluding hydrogens is 536 g/mol. The van der Waals surface area contributed by atoms with Crippen LogP contribution >= 0.6 is 0 Å². The zero-order valence-electron chi connectivity index (χ0n) is 25.5. The Balaban J connectivity index is 1.45. The molecule has 0 spiro atoms. The van der Waals surface area contributed by atoms with Gasteiger partial charge in [-0.25, -0.2) is 4.79 Å². The molecule has 0 saturated carbocycles. The van der Waals surface area contributed by atoms with Crippen LogP contribution in [0, 0.1) is 5.92 Å². The van der Waals surface area contributed by atoms with E-state index >= 15 is 0 Å². The quantitative estimate of drug-likeness (QED) is 0.0811. The molecule has 240 valence electrons. The Labute approximate surface area is 252 Å². The lowest BCUT2D eigenvalue weighted by molar-refractivity contribution is -0.151. The highest BCUT2D eigenvalue weighted by molar-refractivity contribution is 5.83. The fourth-order valence-electron chi connectivity index (χ4n) is 5.79. The Kier molecular flexibility index (Phi) is 18.2. The Morgan fingerprint density at radius 3 is 1.88 bits per heavy atom. The van der Waals surface area contributed by atoms with E-state index in [-0.39, 0.29) is 32.1 Å². The molecule has 6 N–H and O–H groups in total. The molecule has 2 rings (SSSR count). The predicted octanol–water partition coefficient (Wildman–Crippen LogP) is 4.36. The summed E-state index contributed by atoms with van der Waals surface area (Å²) in [7, 11) is 0. The van der Waals surface area contributed by atoms with Crippen molar-refractivity contribution in [3.8, 4) is 0 Å². The van der Waals surface area contributed by atoms with E-state index in [1.807, 2.05) is 0 Å². The third-order valence-corrected chi connectivity index (χ3v) is 8.25. The summed E-state index contributed by atoms with van der Waals surface area (Å²) >= 11 is 0. The minimum atomic E-state index is -1.03. The van der Waals surface area contributed by atoms with Crippen molar-refractivity contribution in [1.29, 1.82) is 0 Å². The van der Waals surface area contributed by atoms with Gasteiger partial charge in [0.1, 0.15) is 12.2 Å². The number of carbonyl (C=O) groups excluding carboxylic acids is 1. The molecule has 1 heterocycles. The van der Waals surface area contributed by atoms with E-state index in [0.717, 1.165) is 25.3 Å². The molecule has 8 nitrogen and oxygen atoms in total. The maximum atomic E-state index is 11.3. The lowest BCUT2D eigenvalue weighted by atomic mass is 9.94. The van der Waals surface area contributed by atoms with Gasteiger partial charge < -0.3 is 35.4 Å². The third kappa shape index (κ3) is 16.7. The van der Waals surface area contributed by atoms with Gasteiger partial charge in [0, 0.05) is 12.5 Å². The van der Waals surface area contributed by atoms with Crippen LogP contribution < -0.4 is 0 Å². The van der Waals surface area contributed by atoms with Crippen molar-refractivity contribution in [3.63, 3.8) is 0 Å². The number of esters is 1. The molecule has 1 aliphatic heterocycles. The van der Waals surface area contributed by atoms with Crippen LogP contribution in [-0.2, 0) is 16.0 Å². The molecule has 7 unspecified atom stereocenters. The lowest BCUT2D eigenvalue weighted by Crippen LogP contribution is -2.37. The van der Waals surface area contributed by atoms with Crippen molar-refractivity contribution in [2.24, 2.45) is 5.92 Å². The Hall–Kier alpha value is -1.81. The summed E-state index contributed by atoms with van der Waals surface area (Å²) in [6.45, 7) is 2.30. The number of unbranched alkanes of at least 4 members (excludes halogenated alkanes) is 5. The minimum absolute atomic E-state index is 0.0251. The third-order valence-electron chi connectivity index (χ3n) is 8.25. The summed E-state index contributed by atoms with van der Waals surface area (Å²) in [6, 6.07) is 10.7. The number of carbonyl (C=O) groups is 1. The molecule has 0 aromatic heterocycles. The van der Waals surface area contributed by atoms with Crippen LogP contribution in [0.25, 0.3) is 0 Å². The molecular formula is C34H56O8. The number of hydrogen-bond acceptors (Lipinski definition) is 8. The largest absolute Gasteiger partial charge is 0.456 e. The van der Waals surface area contributed by atoms with Crippen LogP contribution in [0.5, 0.6) is 0 Å². The van der Waals surface area contributed by atoms with Gasteiger partial charge in [0.05, 0.1) is 30.5 Å². The summed E-state index contributed by atoms with van der Waals surface area (Å²) in [5.74, 6) is 0.0858. The van der Waals surface area contributed by atoms with E-state index in [9.17, 15) is 35.4 Å². The number of cyclic esters (lactones) is 1. The van der Waals surface area contributed by atoms with E-state index in [0.29, 0.717) is 12.3 Å². The second-order valence-electron chi connectivity index (χ2n) is 12.5. The molecule has 0 fully saturated rings. The van der Waals surface area contributed by atoms with Crippen LogP contribution in [0.4, 0.5) is 0 Å². The topological polar surface area (TPSA) is 148 Å². The Bertz CT molecular complexity index is 862. The number of rotatable bonds is 23. The molecule has 0 radical (unpaired) electrons. The fourth-order valence-corrected chi connectivity index (χ4v) is 5.79. The molecule has 8 heteroatoms. The first-order valence-corrected chi connectivity index (χ1v) is 16.1. The van der Waals surface area contributed by atoms with E-state index in [4.69, 9.17) is 4.74 Å². The predicted molar refractivity (Wildman–Crippen MR) is 164 cm³/mol. The average Bonchev–Trinajstić information content (AvgIpc) is 2.92. The lowest BCUT2D eigenvalue weighted by Gasteiger charge is -2.27. The van der Waals surface area contributed by atoms with E-state index in [1.165, 1.54) is 56.6 Å². The monoisotopic (exact) mass is 592 g/mol. The molecule has 0 bridgehead atoms. The molecule has 0 amide bonds. The normalized spacial score (nSPS) is 21.4. The van der Waals surface area contributed by atoms with Crippen LogP contribution in [-0.4, -0.2) is 79.3 Å². The molecule has 1 aromatic rings. The van der Waals surface area contributed by atoms with E-state index in [1.54, 1.807) is 0 Å². The summed E-state index contributed by atoms with van der Waals surface area (Å²) in [5, 5.41) is 61.1. The number of ether oxygens (including phenoxy) is 1. The van der Waals surface area contributed by atoms with Crippen LogP contribution in [0.2, 0.25) is 0 Å². The van der Waals surface area contributed by atoms with Gasteiger partial charge in [0.15, 0.2) is 0 Å². The van der Waals surface area contributed by atoms with Gasteiger partial charge in [-0.3, -0.25) is 0 Å². The standard InChI is InChI=1S/C34H56O8/c1-25(12-6-3-2-4-7-14-26-15-8-5-9-16-26)13-10-11-17-27(35)20-28(36)21-29(37)22-30(38)23-31(39)24-33-32(40)18-19-34(41)42-33/h5,8-9,15-16,18-19,25,27-33,35-40H,2-4,6-7,10-14,17,20-24H2,1H3/t25-,27?,28?,29?,30?,31?,32?,33?/m1/s1. The van der Waals surface area contributed by atoms with Crippen molar-refractivity contribution in [3.05, 3.63) is 48.0 Å². The van der Waals surface area contributed by atoms with E-state index in [2.05, 4.69) is 37.3 Å². The first-order valence-electron chi connectivity index (χ1n) is 16.1. The van der Waals surface area contributed by atoms with E-state index < -0.39 is 48.7 Å². The van der Waals surface area contributed by atoms with Crippen molar-refractivity contribution in [2.45, 2.75) is 152 Å². The van der Waals surface area contributed by atoms with Crippen LogP contribution in [0.15, 0.2) is 42.5 Å². The van der Waals surface area contributed by atoms with Gasteiger partial charge in [-0.15, -0.1) is 0 Å². The van der Waals surface area contributed by atoms with Gasteiger partial charge >= 0.3 is 5.97 Å². The van der Waals surface area contributed by atoms with Gasteiger partial charge in [-0.2, -0.15) is 0 Å². The zero-order chi connectivity index (χ0) is 30.7. The average molecular weight is 593 g/mol. The smallest absolute Gasteiger partial charge is 0.330 e. The van der Waals surface area contributed by atoms with Gasteiger partial charge in [-0.05, 0) is 62.5 Å². The highest BCUT2D eigenvalue weighted by Crippen LogP contribution is 2.21. The maximum absolute atomic E-state index is 11.3. The summed E-state index contributed by atoms with van der Waals surface area (Å²) in [5.41, 5.74) is 1.43. The maximum Gasteiger partial charge on any atom is 0.330 e. The molecule has 0 saturated heterocycles. The SMILES string of the molecule is C[C@H](CCCCCCCc1ccccc1)CCCCC(O)CC(O)CC(O)CC(O)CC(O)CC1OC(=O)C=CC1O. The second-order valence-corrected chi connectivity index (χ2v) is 12.5. The number of aliphatic hydroxyl groups is 6.